The summed E-state index contributed by atoms with van der Waals surface area (Å²) in [5.41, 5.74) is -0.0232. The SMILES string of the molecule is CC(C)(C)OC(=O)N1CCCC(COc2ccc(CO)cc2S(=O)(=O)N2CCC2)C1. The van der Waals surface area contributed by atoms with E-state index in [1.807, 2.05) is 20.8 Å². The third-order valence-corrected chi connectivity index (χ3v) is 7.19. The second-order valence-electron chi connectivity index (χ2n) is 8.94. The van der Waals surface area contributed by atoms with Gasteiger partial charge < -0.3 is 19.5 Å². The molecule has 2 fully saturated rings. The molecule has 9 heteroatoms. The first kappa shape index (κ1) is 22.8. The fourth-order valence-corrected chi connectivity index (χ4v) is 5.24. The zero-order chi connectivity index (χ0) is 21.9. The Balaban J connectivity index is 1.68. The first-order valence-electron chi connectivity index (χ1n) is 10.4. The predicted molar refractivity (Wildman–Crippen MR) is 112 cm³/mol. The number of nitrogens with zero attached hydrogens (tertiary/aromatic N) is 2. The molecule has 2 saturated heterocycles. The Morgan fingerprint density at radius 2 is 1.93 bits per heavy atom. The highest BCUT2D eigenvalue weighted by Crippen LogP contribution is 2.31. The number of hydrogen-bond donors (Lipinski definition) is 1. The van der Waals surface area contributed by atoms with Gasteiger partial charge in [0.25, 0.3) is 0 Å². The zero-order valence-corrected chi connectivity index (χ0v) is 18.8. The monoisotopic (exact) mass is 440 g/mol. The lowest BCUT2D eigenvalue weighted by Crippen LogP contribution is -2.44. The number of hydrogen-bond acceptors (Lipinski definition) is 6. The molecule has 168 valence electrons. The maximum absolute atomic E-state index is 12.9. The Kier molecular flexibility index (Phi) is 6.94. The molecule has 1 amide bonds. The molecule has 0 bridgehead atoms. The number of rotatable bonds is 6. The summed E-state index contributed by atoms with van der Waals surface area (Å²) in [6.45, 7) is 7.74. The molecule has 0 spiro atoms. The lowest BCUT2D eigenvalue weighted by atomic mass is 9.99. The molecule has 1 aromatic carbocycles. The van der Waals surface area contributed by atoms with Crippen LogP contribution >= 0.6 is 0 Å². The fourth-order valence-electron chi connectivity index (χ4n) is 3.54. The van der Waals surface area contributed by atoms with Gasteiger partial charge in [-0.3, -0.25) is 0 Å². The van der Waals surface area contributed by atoms with Crippen molar-refractivity contribution in [1.82, 2.24) is 9.21 Å². The highest BCUT2D eigenvalue weighted by atomic mass is 32.2. The summed E-state index contributed by atoms with van der Waals surface area (Å²) in [5.74, 6) is 0.372. The number of carbonyl (C=O) groups is 1. The van der Waals surface area contributed by atoms with Crippen molar-refractivity contribution < 1.29 is 27.8 Å². The van der Waals surface area contributed by atoms with Crippen molar-refractivity contribution >= 4 is 16.1 Å². The molecule has 0 radical (unpaired) electrons. The van der Waals surface area contributed by atoms with E-state index in [9.17, 15) is 18.3 Å². The van der Waals surface area contributed by atoms with Crippen LogP contribution in [-0.4, -0.2) is 67.2 Å². The van der Waals surface area contributed by atoms with Gasteiger partial charge in [-0.25, -0.2) is 13.2 Å². The van der Waals surface area contributed by atoms with Crippen LogP contribution in [0.1, 0.15) is 45.6 Å². The van der Waals surface area contributed by atoms with Crippen LogP contribution in [0.25, 0.3) is 0 Å². The molecule has 2 heterocycles. The largest absolute Gasteiger partial charge is 0.492 e. The van der Waals surface area contributed by atoms with E-state index < -0.39 is 15.6 Å². The number of carbonyl (C=O) groups excluding carboxylic acids is 1. The minimum atomic E-state index is -3.65. The molecule has 2 aliphatic rings. The average molecular weight is 441 g/mol. The van der Waals surface area contributed by atoms with Gasteiger partial charge in [-0.15, -0.1) is 0 Å². The van der Waals surface area contributed by atoms with E-state index in [0.717, 1.165) is 19.3 Å². The summed E-state index contributed by atoms with van der Waals surface area (Å²) in [5, 5.41) is 9.43. The standard InChI is InChI=1S/C21H32N2O6S/c1-21(2,3)29-20(25)22-9-4-6-17(13-22)15-28-18-8-7-16(14-24)12-19(18)30(26,27)23-10-5-11-23/h7-8,12,17,24H,4-6,9-11,13-15H2,1-3H3. The van der Waals surface area contributed by atoms with Crippen molar-refractivity contribution in [3.8, 4) is 5.75 Å². The minimum Gasteiger partial charge on any atom is -0.492 e. The van der Waals surface area contributed by atoms with Crippen molar-refractivity contribution in [2.45, 2.75) is 57.1 Å². The van der Waals surface area contributed by atoms with Crippen LogP contribution in [0.15, 0.2) is 23.1 Å². The third kappa shape index (κ3) is 5.44. The van der Waals surface area contributed by atoms with Crippen molar-refractivity contribution in [2.24, 2.45) is 5.92 Å². The molecule has 30 heavy (non-hydrogen) atoms. The molecule has 1 aromatic rings. The summed E-state index contributed by atoms with van der Waals surface area (Å²) in [7, 11) is -3.65. The molecular weight excluding hydrogens is 408 g/mol. The Morgan fingerprint density at radius 3 is 2.53 bits per heavy atom. The fraction of sp³-hybridized carbons (Fsp3) is 0.667. The normalized spacial score (nSPS) is 20.5. The predicted octanol–water partition coefficient (Wildman–Crippen LogP) is 2.60. The molecule has 8 nitrogen and oxygen atoms in total. The highest BCUT2D eigenvalue weighted by Gasteiger charge is 2.33. The third-order valence-electron chi connectivity index (χ3n) is 5.27. The topological polar surface area (TPSA) is 96.4 Å². The van der Waals surface area contributed by atoms with Gasteiger partial charge in [-0.1, -0.05) is 6.07 Å². The Labute approximate surface area is 178 Å². The van der Waals surface area contributed by atoms with Gasteiger partial charge >= 0.3 is 6.09 Å². The molecule has 1 atom stereocenters. The van der Waals surface area contributed by atoms with E-state index in [-0.39, 0.29) is 29.3 Å². The Bertz CT molecular complexity index is 861. The molecule has 2 aliphatic heterocycles. The van der Waals surface area contributed by atoms with Crippen molar-refractivity contribution in [3.63, 3.8) is 0 Å². The number of benzene rings is 1. The van der Waals surface area contributed by atoms with Crippen LogP contribution < -0.4 is 4.74 Å². The number of aliphatic hydroxyl groups is 1. The highest BCUT2D eigenvalue weighted by molar-refractivity contribution is 7.89. The van der Waals surface area contributed by atoms with Crippen molar-refractivity contribution in [3.05, 3.63) is 23.8 Å². The number of sulfonamides is 1. The second-order valence-corrected chi connectivity index (χ2v) is 10.8. The van der Waals surface area contributed by atoms with Crippen LogP contribution in [0.3, 0.4) is 0 Å². The van der Waals surface area contributed by atoms with Crippen molar-refractivity contribution in [1.29, 1.82) is 0 Å². The first-order chi connectivity index (χ1) is 14.1. The number of aliphatic hydroxyl groups excluding tert-OH is 1. The van der Waals surface area contributed by atoms with E-state index >= 15 is 0 Å². The zero-order valence-electron chi connectivity index (χ0n) is 18.0. The van der Waals surface area contributed by atoms with Gasteiger partial charge in [-0.2, -0.15) is 4.31 Å². The summed E-state index contributed by atoms with van der Waals surface area (Å²) in [6.07, 6.45) is 2.25. The summed E-state index contributed by atoms with van der Waals surface area (Å²) >= 11 is 0. The molecule has 3 rings (SSSR count). The van der Waals surface area contributed by atoms with Gasteiger partial charge in [-0.05, 0) is 57.7 Å². The van der Waals surface area contributed by atoms with E-state index in [4.69, 9.17) is 9.47 Å². The quantitative estimate of drug-likeness (QED) is 0.730. The molecule has 0 saturated carbocycles. The minimum absolute atomic E-state index is 0.0864. The van der Waals surface area contributed by atoms with E-state index in [1.165, 1.54) is 10.4 Å². The summed E-state index contributed by atoms with van der Waals surface area (Å²) in [4.78, 5) is 14.1. The van der Waals surface area contributed by atoms with Crippen LogP contribution in [0.2, 0.25) is 0 Å². The molecule has 1 unspecified atom stereocenters. The molecule has 1 N–H and O–H groups in total. The first-order valence-corrected chi connectivity index (χ1v) is 11.9. The van der Waals surface area contributed by atoms with Gasteiger partial charge in [0.15, 0.2) is 0 Å². The van der Waals surface area contributed by atoms with Gasteiger partial charge in [0.2, 0.25) is 10.0 Å². The van der Waals surface area contributed by atoms with Gasteiger partial charge in [0.05, 0.1) is 13.2 Å². The maximum Gasteiger partial charge on any atom is 0.410 e. The Morgan fingerprint density at radius 1 is 1.20 bits per heavy atom. The van der Waals surface area contributed by atoms with Crippen LogP contribution in [0, 0.1) is 5.92 Å². The van der Waals surface area contributed by atoms with E-state index in [2.05, 4.69) is 0 Å². The smallest absolute Gasteiger partial charge is 0.410 e. The van der Waals surface area contributed by atoms with E-state index in [1.54, 1.807) is 17.0 Å². The number of ether oxygens (including phenoxy) is 2. The lowest BCUT2D eigenvalue weighted by Gasteiger charge is -2.34. The van der Waals surface area contributed by atoms with Crippen LogP contribution in [-0.2, 0) is 21.4 Å². The van der Waals surface area contributed by atoms with Gasteiger partial charge in [0, 0.05) is 32.1 Å². The second kappa shape index (κ2) is 9.11. The summed E-state index contributed by atoms with van der Waals surface area (Å²) in [6, 6.07) is 4.75. The number of amides is 1. The lowest BCUT2D eigenvalue weighted by molar-refractivity contribution is 0.0138. The molecule has 0 aromatic heterocycles. The average Bonchev–Trinajstić information content (AvgIpc) is 2.63. The molecular formula is C21H32N2O6S. The van der Waals surface area contributed by atoms with Crippen LogP contribution in [0.5, 0.6) is 5.75 Å². The summed E-state index contributed by atoms with van der Waals surface area (Å²) < 4.78 is 38.7. The van der Waals surface area contributed by atoms with E-state index in [0.29, 0.717) is 38.3 Å². The van der Waals surface area contributed by atoms with Gasteiger partial charge in [0.1, 0.15) is 16.2 Å². The van der Waals surface area contributed by atoms with Crippen molar-refractivity contribution in [2.75, 3.05) is 32.8 Å². The number of likely N-dealkylation sites (tertiary alicyclic amines) is 1. The number of piperidine rings is 1. The van der Waals surface area contributed by atoms with Crippen LogP contribution in [0.4, 0.5) is 4.79 Å². The Hall–Kier alpha value is -1.84. The molecule has 0 aliphatic carbocycles. The maximum atomic E-state index is 12.9.